The number of carbonyl (C=O) groups is 1. The normalized spacial score (nSPS) is 10.4. The van der Waals surface area contributed by atoms with Crippen LogP contribution in [0.15, 0.2) is 47.4 Å². The summed E-state index contributed by atoms with van der Waals surface area (Å²) in [6.45, 7) is 0. The second kappa shape index (κ2) is 7.59. The number of benzene rings is 2. The summed E-state index contributed by atoms with van der Waals surface area (Å²) in [5.74, 6) is 0.559. The molecule has 1 amide bonds. The molecule has 0 unspecified atom stereocenters. The van der Waals surface area contributed by atoms with Gasteiger partial charge in [-0.25, -0.2) is 0 Å². The molecule has 0 spiro atoms. The summed E-state index contributed by atoms with van der Waals surface area (Å²) in [4.78, 5) is 12.9. The predicted octanol–water partition coefficient (Wildman–Crippen LogP) is 4.70. The van der Waals surface area contributed by atoms with Gasteiger partial charge in [-0.15, -0.1) is 11.8 Å². The topological polar surface area (TPSA) is 55.1 Å². The highest BCUT2D eigenvalue weighted by Crippen LogP contribution is 2.26. The minimum Gasteiger partial charge on any atom is -0.399 e. The standard InChI is InChI=1S/C15H14Cl2N2OS/c16-10-4-5-13(17)14(8-10)19-15(20)6-7-21-12-3-1-2-11(18)9-12/h1-5,8-9H,6-7,18H2,(H,19,20). The number of hydrogen-bond acceptors (Lipinski definition) is 3. The minimum atomic E-state index is -0.101. The second-order valence-corrected chi connectivity index (χ2v) is 6.36. The molecule has 2 rings (SSSR count). The molecule has 0 saturated carbocycles. The highest BCUT2D eigenvalue weighted by Gasteiger charge is 2.07. The fourth-order valence-electron chi connectivity index (χ4n) is 1.67. The Hall–Kier alpha value is -1.36. The number of anilines is 2. The van der Waals surface area contributed by atoms with Gasteiger partial charge in [0.05, 0.1) is 10.7 Å². The third-order valence-electron chi connectivity index (χ3n) is 2.66. The third kappa shape index (κ3) is 5.16. The first-order chi connectivity index (χ1) is 10.0. The number of halogens is 2. The van der Waals surface area contributed by atoms with Crippen molar-refractivity contribution in [1.29, 1.82) is 0 Å². The Labute approximate surface area is 137 Å². The zero-order valence-corrected chi connectivity index (χ0v) is 13.4. The Morgan fingerprint density at radius 2 is 2.00 bits per heavy atom. The van der Waals surface area contributed by atoms with Gasteiger partial charge in [-0.1, -0.05) is 29.3 Å². The molecule has 0 heterocycles. The number of rotatable bonds is 5. The maximum Gasteiger partial charge on any atom is 0.225 e. The van der Waals surface area contributed by atoms with E-state index in [0.717, 1.165) is 10.6 Å². The van der Waals surface area contributed by atoms with Crippen molar-refractivity contribution < 1.29 is 4.79 Å². The average Bonchev–Trinajstić information content (AvgIpc) is 2.43. The van der Waals surface area contributed by atoms with E-state index in [9.17, 15) is 4.79 Å². The molecular weight excluding hydrogens is 327 g/mol. The molecule has 3 N–H and O–H groups in total. The molecule has 0 saturated heterocycles. The summed E-state index contributed by atoms with van der Waals surface area (Å²) in [5.41, 5.74) is 6.95. The lowest BCUT2D eigenvalue weighted by Gasteiger charge is -2.07. The number of thioether (sulfide) groups is 1. The molecule has 2 aromatic carbocycles. The molecule has 0 radical (unpaired) electrons. The smallest absolute Gasteiger partial charge is 0.225 e. The molecule has 0 atom stereocenters. The van der Waals surface area contributed by atoms with Gasteiger partial charge in [0.15, 0.2) is 0 Å². The second-order valence-electron chi connectivity index (χ2n) is 4.34. The van der Waals surface area contributed by atoms with Gasteiger partial charge in [-0.05, 0) is 36.4 Å². The van der Waals surface area contributed by atoms with Crippen molar-refractivity contribution in [1.82, 2.24) is 0 Å². The summed E-state index contributed by atoms with van der Waals surface area (Å²) >= 11 is 13.4. The van der Waals surface area contributed by atoms with E-state index in [0.29, 0.717) is 27.9 Å². The van der Waals surface area contributed by atoms with Crippen LogP contribution in [0.4, 0.5) is 11.4 Å². The van der Waals surface area contributed by atoms with Gasteiger partial charge in [-0.3, -0.25) is 4.79 Å². The zero-order chi connectivity index (χ0) is 15.2. The quantitative estimate of drug-likeness (QED) is 0.612. The Kier molecular flexibility index (Phi) is 5.79. The van der Waals surface area contributed by atoms with Crippen LogP contribution in [0.5, 0.6) is 0 Å². The lowest BCUT2D eigenvalue weighted by Crippen LogP contribution is -2.12. The fraction of sp³-hybridized carbons (Fsp3) is 0.133. The van der Waals surface area contributed by atoms with Gasteiger partial charge in [0.1, 0.15) is 0 Å². The molecule has 0 aromatic heterocycles. The van der Waals surface area contributed by atoms with E-state index in [1.807, 2.05) is 24.3 Å². The van der Waals surface area contributed by atoms with Crippen LogP contribution in [0.2, 0.25) is 10.0 Å². The maximum absolute atomic E-state index is 11.9. The van der Waals surface area contributed by atoms with Crippen LogP contribution in [0.3, 0.4) is 0 Å². The van der Waals surface area contributed by atoms with E-state index in [1.165, 1.54) is 0 Å². The molecule has 110 valence electrons. The van der Waals surface area contributed by atoms with Gasteiger partial charge in [0.25, 0.3) is 0 Å². The van der Waals surface area contributed by atoms with E-state index in [-0.39, 0.29) is 5.91 Å². The minimum absolute atomic E-state index is 0.101. The van der Waals surface area contributed by atoms with E-state index < -0.39 is 0 Å². The Morgan fingerprint density at radius 1 is 1.19 bits per heavy atom. The lowest BCUT2D eigenvalue weighted by molar-refractivity contribution is -0.115. The lowest BCUT2D eigenvalue weighted by atomic mass is 10.3. The fourth-order valence-corrected chi connectivity index (χ4v) is 2.93. The van der Waals surface area contributed by atoms with Crippen molar-refractivity contribution in [3.05, 3.63) is 52.5 Å². The summed E-state index contributed by atoms with van der Waals surface area (Å²) < 4.78 is 0. The highest BCUT2D eigenvalue weighted by atomic mass is 35.5. The molecule has 0 aliphatic heterocycles. The van der Waals surface area contributed by atoms with Crippen LogP contribution in [0.1, 0.15) is 6.42 Å². The number of hydrogen-bond donors (Lipinski definition) is 2. The van der Waals surface area contributed by atoms with Crippen molar-refractivity contribution in [3.8, 4) is 0 Å². The van der Waals surface area contributed by atoms with Crippen molar-refractivity contribution in [2.75, 3.05) is 16.8 Å². The summed E-state index contributed by atoms with van der Waals surface area (Å²) in [5, 5.41) is 3.76. The van der Waals surface area contributed by atoms with Crippen LogP contribution in [0.25, 0.3) is 0 Å². The largest absolute Gasteiger partial charge is 0.399 e. The highest BCUT2D eigenvalue weighted by molar-refractivity contribution is 7.99. The van der Waals surface area contributed by atoms with Crippen LogP contribution in [-0.4, -0.2) is 11.7 Å². The molecule has 21 heavy (non-hydrogen) atoms. The van der Waals surface area contributed by atoms with Crippen molar-refractivity contribution >= 4 is 52.2 Å². The average molecular weight is 341 g/mol. The third-order valence-corrected chi connectivity index (χ3v) is 4.22. The molecule has 0 fully saturated rings. The first-order valence-electron chi connectivity index (χ1n) is 6.28. The number of carbonyl (C=O) groups excluding carboxylic acids is 1. The van der Waals surface area contributed by atoms with Gasteiger partial charge in [-0.2, -0.15) is 0 Å². The molecule has 6 heteroatoms. The molecule has 0 aliphatic carbocycles. The predicted molar refractivity (Wildman–Crippen MR) is 91.3 cm³/mol. The summed E-state index contributed by atoms with van der Waals surface area (Å²) in [6, 6.07) is 12.5. The van der Waals surface area contributed by atoms with Crippen molar-refractivity contribution in [2.45, 2.75) is 11.3 Å². The van der Waals surface area contributed by atoms with Crippen LogP contribution < -0.4 is 11.1 Å². The van der Waals surface area contributed by atoms with Crippen molar-refractivity contribution in [3.63, 3.8) is 0 Å². The first kappa shape index (κ1) is 16.0. The molecule has 3 nitrogen and oxygen atoms in total. The number of nitrogens with two attached hydrogens (primary N) is 1. The SMILES string of the molecule is Nc1cccc(SCCC(=O)Nc2cc(Cl)ccc2Cl)c1. The Bertz CT molecular complexity index is 649. The van der Waals surface area contributed by atoms with Gasteiger partial charge in [0.2, 0.25) is 5.91 Å². The summed E-state index contributed by atoms with van der Waals surface area (Å²) in [7, 11) is 0. The molecule has 0 bridgehead atoms. The van der Waals surface area contributed by atoms with E-state index in [4.69, 9.17) is 28.9 Å². The van der Waals surface area contributed by atoms with Crippen LogP contribution in [0, 0.1) is 0 Å². The first-order valence-corrected chi connectivity index (χ1v) is 8.02. The van der Waals surface area contributed by atoms with E-state index in [2.05, 4.69) is 5.32 Å². The Balaban J connectivity index is 1.84. The summed E-state index contributed by atoms with van der Waals surface area (Å²) in [6.07, 6.45) is 0.377. The van der Waals surface area contributed by atoms with Crippen LogP contribution >= 0.6 is 35.0 Å². The van der Waals surface area contributed by atoms with Gasteiger partial charge in [0, 0.05) is 27.8 Å². The number of amides is 1. The van der Waals surface area contributed by atoms with E-state index >= 15 is 0 Å². The molecule has 2 aromatic rings. The number of nitrogens with one attached hydrogen (secondary N) is 1. The van der Waals surface area contributed by atoms with Crippen LogP contribution in [-0.2, 0) is 4.79 Å². The maximum atomic E-state index is 11.9. The molecular formula is C15H14Cl2N2OS. The van der Waals surface area contributed by atoms with E-state index in [1.54, 1.807) is 30.0 Å². The van der Waals surface area contributed by atoms with Gasteiger partial charge < -0.3 is 11.1 Å². The zero-order valence-electron chi connectivity index (χ0n) is 11.1. The van der Waals surface area contributed by atoms with Crippen molar-refractivity contribution in [2.24, 2.45) is 0 Å². The monoisotopic (exact) mass is 340 g/mol. The Morgan fingerprint density at radius 3 is 2.76 bits per heavy atom. The number of nitrogen functional groups attached to an aromatic ring is 1. The molecule has 0 aliphatic rings. The van der Waals surface area contributed by atoms with Gasteiger partial charge >= 0.3 is 0 Å².